The van der Waals surface area contributed by atoms with E-state index in [1.54, 1.807) is 7.11 Å². The zero-order valence-electron chi connectivity index (χ0n) is 21.8. The number of benzene rings is 4. The van der Waals surface area contributed by atoms with Crippen LogP contribution in [0, 0.1) is 0 Å². The van der Waals surface area contributed by atoms with Gasteiger partial charge in [0.1, 0.15) is 0 Å². The third-order valence-corrected chi connectivity index (χ3v) is 12.5. The number of rotatable bonds is 11. The van der Waals surface area contributed by atoms with Crippen LogP contribution in [-0.2, 0) is 11.2 Å². The third kappa shape index (κ3) is 5.51. The molecule has 0 radical (unpaired) electrons. The Morgan fingerprint density at radius 2 is 1.39 bits per heavy atom. The Hall–Kier alpha value is -3.88. The first-order valence-electron chi connectivity index (χ1n) is 13.3. The third-order valence-electron chi connectivity index (χ3n) is 7.45. The summed E-state index contributed by atoms with van der Waals surface area (Å²) in [6, 6.07) is 38.7. The molecule has 0 atom stereocenters. The first-order valence-corrected chi connectivity index (χ1v) is 15.5. The van der Waals surface area contributed by atoms with Crippen LogP contribution in [0.25, 0.3) is 10.9 Å². The number of hydrogen-bond donors (Lipinski definition) is 2. The fourth-order valence-electron chi connectivity index (χ4n) is 5.53. The van der Waals surface area contributed by atoms with Crippen molar-refractivity contribution in [3.8, 4) is 5.75 Å². The average molecular weight is 523 g/mol. The molecule has 0 aliphatic rings. The van der Waals surface area contributed by atoms with E-state index in [-0.39, 0.29) is 5.91 Å². The average Bonchev–Trinajstić information content (AvgIpc) is 3.39. The second-order valence-electron chi connectivity index (χ2n) is 9.68. The fraction of sp³-hybridized carbons (Fsp3) is 0.182. The van der Waals surface area contributed by atoms with Crippen LogP contribution < -0.4 is 26.0 Å². The molecule has 1 amide bonds. The maximum absolute atomic E-state index is 12.9. The van der Waals surface area contributed by atoms with E-state index in [9.17, 15) is 4.79 Å². The topological polar surface area (TPSA) is 54.1 Å². The first kappa shape index (κ1) is 25.8. The van der Waals surface area contributed by atoms with E-state index in [0.717, 1.165) is 35.7 Å². The molecule has 1 aromatic heterocycles. The number of methoxy groups -OCH3 is 1. The zero-order valence-corrected chi connectivity index (χ0v) is 22.8. The summed E-state index contributed by atoms with van der Waals surface area (Å²) < 4.78 is 5.38. The molecule has 1 heterocycles. The van der Waals surface area contributed by atoms with Crippen LogP contribution in [0.2, 0.25) is 0 Å². The standard InChI is InChI=1S/C33H35N2O2P/c1-37-27-19-20-32-31(24-27)26(25-35-32)21-22-34-33(36)18-11-23-38(28-12-5-2-6-13-28,29-14-7-3-8-15-29)30-16-9-4-10-17-30/h2-10,12-17,19-20,24-25,35,38H,11,18,21-23H2,1H3,(H,34,36). The Morgan fingerprint density at radius 3 is 1.95 bits per heavy atom. The molecule has 0 unspecified atom stereocenters. The van der Waals surface area contributed by atoms with Crippen molar-refractivity contribution in [3.05, 3.63) is 121 Å². The zero-order chi connectivity index (χ0) is 26.2. The van der Waals surface area contributed by atoms with Crippen molar-refractivity contribution in [2.75, 3.05) is 19.8 Å². The summed E-state index contributed by atoms with van der Waals surface area (Å²) >= 11 is 0. The van der Waals surface area contributed by atoms with E-state index in [2.05, 4.69) is 101 Å². The van der Waals surface area contributed by atoms with Gasteiger partial charge in [-0.25, -0.2) is 0 Å². The number of ether oxygens (including phenoxy) is 1. The molecular weight excluding hydrogens is 487 g/mol. The molecule has 0 aliphatic carbocycles. The number of amides is 1. The minimum atomic E-state index is -2.30. The van der Waals surface area contributed by atoms with E-state index in [1.165, 1.54) is 21.5 Å². The van der Waals surface area contributed by atoms with Gasteiger partial charge in [-0.05, 0) is 0 Å². The number of carbonyl (C=O) groups excluding carboxylic acids is 1. The van der Waals surface area contributed by atoms with Gasteiger partial charge in [0, 0.05) is 0 Å². The second-order valence-corrected chi connectivity index (χ2v) is 13.7. The molecule has 0 fully saturated rings. The summed E-state index contributed by atoms with van der Waals surface area (Å²) in [5.74, 6) is 0.949. The van der Waals surface area contributed by atoms with Gasteiger partial charge in [0.15, 0.2) is 0 Å². The summed E-state index contributed by atoms with van der Waals surface area (Å²) in [5.41, 5.74) is 2.26. The Labute approximate surface area is 225 Å². The number of carbonyl (C=O) groups is 1. The molecular formula is C33H35N2O2P. The molecule has 5 heteroatoms. The molecule has 38 heavy (non-hydrogen) atoms. The number of aromatic amines is 1. The Morgan fingerprint density at radius 1 is 0.816 bits per heavy atom. The second kappa shape index (κ2) is 12.1. The van der Waals surface area contributed by atoms with Crippen molar-refractivity contribution in [1.82, 2.24) is 10.3 Å². The molecule has 4 nitrogen and oxygen atoms in total. The van der Waals surface area contributed by atoms with Crippen LogP contribution in [0.1, 0.15) is 18.4 Å². The summed E-state index contributed by atoms with van der Waals surface area (Å²) in [7, 11) is -0.622. The van der Waals surface area contributed by atoms with Gasteiger partial charge in [-0.3, -0.25) is 0 Å². The van der Waals surface area contributed by atoms with E-state index >= 15 is 0 Å². The van der Waals surface area contributed by atoms with Crippen molar-refractivity contribution < 1.29 is 9.53 Å². The number of H-pyrrole nitrogens is 1. The number of hydrogen-bond acceptors (Lipinski definition) is 2. The summed E-state index contributed by atoms with van der Waals surface area (Å²) in [6.07, 6.45) is 5.12. The number of nitrogens with one attached hydrogen (secondary N) is 2. The molecule has 5 rings (SSSR count). The molecule has 0 spiro atoms. The van der Waals surface area contributed by atoms with Crippen LogP contribution in [0.15, 0.2) is 115 Å². The Kier molecular flexibility index (Phi) is 8.21. The van der Waals surface area contributed by atoms with Crippen molar-refractivity contribution in [2.24, 2.45) is 0 Å². The Bertz CT molecular complexity index is 1370. The number of aromatic nitrogens is 1. The van der Waals surface area contributed by atoms with Crippen molar-refractivity contribution >= 4 is 40.0 Å². The monoisotopic (exact) mass is 522 g/mol. The van der Waals surface area contributed by atoms with Crippen molar-refractivity contribution in [1.29, 1.82) is 0 Å². The molecule has 194 valence electrons. The van der Waals surface area contributed by atoms with Crippen LogP contribution in [-0.4, -0.2) is 30.7 Å². The predicted molar refractivity (Wildman–Crippen MR) is 162 cm³/mol. The summed E-state index contributed by atoms with van der Waals surface area (Å²) in [4.78, 5) is 16.2. The van der Waals surface area contributed by atoms with Crippen molar-refractivity contribution in [2.45, 2.75) is 19.3 Å². The van der Waals surface area contributed by atoms with Gasteiger partial charge in [-0.15, -0.1) is 0 Å². The van der Waals surface area contributed by atoms with Crippen LogP contribution >= 0.6 is 7.26 Å². The van der Waals surface area contributed by atoms with Gasteiger partial charge in [0.25, 0.3) is 0 Å². The predicted octanol–water partition coefficient (Wildman–Crippen LogP) is 5.34. The van der Waals surface area contributed by atoms with Gasteiger partial charge in [-0.2, -0.15) is 0 Å². The van der Waals surface area contributed by atoms with Gasteiger partial charge in [0.05, 0.1) is 7.11 Å². The molecule has 2 N–H and O–H groups in total. The van der Waals surface area contributed by atoms with E-state index < -0.39 is 7.26 Å². The van der Waals surface area contributed by atoms with E-state index in [4.69, 9.17) is 4.74 Å². The van der Waals surface area contributed by atoms with Crippen LogP contribution in [0.4, 0.5) is 0 Å². The van der Waals surface area contributed by atoms with Crippen molar-refractivity contribution in [3.63, 3.8) is 0 Å². The van der Waals surface area contributed by atoms with Gasteiger partial charge >= 0.3 is 218 Å². The summed E-state index contributed by atoms with van der Waals surface area (Å²) in [5, 5.41) is 8.44. The summed E-state index contributed by atoms with van der Waals surface area (Å²) in [6.45, 7) is 0.613. The Balaban J connectivity index is 1.28. The molecule has 0 aliphatic heterocycles. The van der Waals surface area contributed by atoms with Gasteiger partial charge < -0.3 is 0 Å². The quantitative estimate of drug-likeness (QED) is 0.230. The maximum atomic E-state index is 12.9. The number of fused-ring (bicyclic) bond motifs is 1. The van der Waals surface area contributed by atoms with Gasteiger partial charge in [0.2, 0.25) is 0 Å². The van der Waals surface area contributed by atoms with Gasteiger partial charge in [-0.1, -0.05) is 0 Å². The van der Waals surface area contributed by atoms with Crippen LogP contribution in [0.3, 0.4) is 0 Å². The molecule has 0 bridgehead atoms. The molecule has 5 aromatic rings. The molecule has 0 saturated carbocycles. The normalized spacial score (nSPS) is 11.8. The molecule has 4 aromatic carbocycles. The van der Waals surface area contributed by atoms with E-state index in [1.807, 2.05) is 24.4 Å². The molecule has 0 saturated heterocycles. The first-order chi connectivity index (χ1) is 18.7. The van der Waals surface area contributed by atoms with E-state index in [0.29, 0.717) is 13.0 Å². The van der Waals surface area contributed by atoms with Crippen LogP contribution in [0.5, 0.6) is 5.75 Å². The minimum absolute atomic E-state index is 0.111. The SMILES string of the molecule is COc1ccc2[nH]cc(CCNC(=O)CCC[PH](c3ccccc3)(c3ccccc3)c3ccccc3)c2c1. The fourth-order valence-corrected chi connectivity index (χ4v) is 10.4.